The average Bonchev–Trinajstić information content (AvgIpc) is 3.23. The van der Waals surface area contributed by atoms with Crippen LogP contribution >= 0.6 is 11.6 Å². The molecule has 0 bridgehead atoms. The highest BCUT2D eigenvalue weighted by Gasteiger charge is 2.34. The van der Waals surface area contributed by atoms with E-state index in [1.54, 1.807) is 13.0 Å². The zero-order valence-electron chi connectivity index (χ0n) is 13.3. The van der Waals surface area contributed by atoms with Crippen LogP contribution in [-0.2, 0) is 10.0 Å². The molecule has 0 saturated heterocycles. The van der Waals surface area contributed by atoms with E-state index in [-0.39, 0.29) is 29.5 Å². The molecule has 24 heavy (non-hydrogen) atoms. The van der Waals surface area contributed by atoms with Crippen LogP contribution in [0, 0.1) is 0 Å². The van der Waals surface area contributed by atoms with Gasteiger partial charge in [0.05, 0.1) is 23.7 Å². The highest BCUT2D eigenvalue weighted by atomic mass is 35.5. The van der Waals surface area contributed by atoms with Crippen LogP contribution in [0.5, 0.6) is 0 Å². The third-order valence-corrected chi connectivity index (χ3v) is 5.44. The number of ketones is 1. The molecule has 0 spiro atoms. The molecule has 6 nitrogen and oxygen atoms in total. The lowest BCUT2D eigenvalue weighted by Crippen LogP contribution is -2.31. The predicted molar refractivity (Wildman–Crippen MR) is 91.2 cm³/mol. The van der Waals surface area contributed by atoms with Gasteiger partial charge in [0.15, 0.2) is 11.5 Å². The summed E-state index contributed by atoms with van der Waals surface area (Å²) >= 11 is 6.03. The van der Waals surface area contributed by atoms with Crippen molar-refractivity contribution in [2.75, 3.05) is 17.1 Å². The Bertz CT molecular complexity index is 887. The molecule has 1 aromatic heterocycles. The maximum atomic E-state index is 13.0. The van der Waals surface area contributed by atoms with Crippen LogP contribution in [0.4, 0.5) is 5.69 Å². The molecule has 1 aromatic carbocycles. The Morgan fingerprint density at radius 3 is 2.67 bits per heavy atom. The monoisotopic (exact) mass is 368 g/mol. The van der Waals surface area contributed by atoms with Gasteiger partial charge in [0.25, 0.3) is 0 Å². The molecule has 0 atom stereocenters. The van der Waals surface area contributed by atoms with Crippen molar-refractivity contribution in [2.24, 2.45) is 0 Å². The third-order valence-electron chi connectivity index (χ3n) is 3.95. The van der Waals surface area contributed by atoms with E-state index in [0.29, 0.717) is 16.3 Å². The van der Waals surface area contributed by atoms with Crippen LogP contribution in [0.3, 0.4) is 0 Å². The summed E-state index contributed by atoms with van der Waals surface area (Å²) in [7, 11) is -3.54. The largest absolute Gasteiger partial charge is 0.360 e. The number of halogens is 1. The number of hydrogen-bond acceptors (Lipinski definition) is 5. The highest BCUT2D eigenvalue weighted by molar-refractivity contribution is 7.92. The molecule has 128 valence electrons. The van der Waals surface area contributed by atoms with Crippen molar-refractivity contribution < 1.29 is 17.7 Å². The van der Waals surface area contributed by atoms with E-state index >= 15 is 0 Å². The Hall–Kier alpha value is -1.86. The Kier molecular flexibility index (Phi) is 4.40. The fourth-order valence-electron chi connectivity index (χ4n) is 2.69. The van der Waals surface area contributed by atoms with Gasteiger partial charge in [0.1, 0.15) is 0 Å². The van der Waals surface area contributed by atoms with Crippen molar-refractivity contribution >= 4 is 33.1 Å². The van der Waals surface area contributed by atoms with Crippen LogP contribution < -0.4 is 4.31 Å². The van der Waals surface area contributed by atoms with Crippen molar-refractivity contribution in [1.29, 1.82) is 0 Å². The second kappa shape index (κ2) is 6.22. The average molecular weight is 369 g/mol. The van der Waals surface area contributed by atoms with Gasteiger partial charge in [-0.25, -0.2) is 8.42 Å². The van der Waals surface area contributed by atoms with Crippen molar-refractivity contribution in [3.63, 3.8) is 0 Å². The van der Waals surface area contributed by atoms with Gasteiger partial charge < -0.3 is 4.52 Å². The van der Waals surface area contributed by atoms with Crippen LogP contribution in [0.1, 0.15) is 47.4 Å². The van der Waals surface area contributed by atoms with E-state index in [1.165, 1.54) is 18.3 Å². The second-order valence-corrected chi connectivity index (χ2v) is 8.14. The number of nitrogens with zero attached hydrogens (tertiary/aromatic N) is 2. The van der Waals surface area contributed by atoms with E-state index in [2.05, 4.69) is 5.16 Å². The van der Waals surface area contributed by atoms with Gasteiger partial charge in [0, 0.05) is 23.0 Å². The van der Waals surface area contributed by atoms with Crippen molar-refractivity contribution in [1.82, 2.24) is 5.16 Å². The molecule has 0 aliphatic heterocycles. The number of rotatable bonds is 6. The molecule has 3 rings (SSSR count). The first-order valence-corrected chi connectivity index (χ1v) is 9.82. The molecule has 1 heterocycles. The van der Waals surface area contributed by atoms with Crippen molar-refractivity contribution in [3.8, 4) is 0 Å². The lowest BCUT2D eigenvalue weighted by atomic mass is 10.0. The molecular weight excluding hydrogens is 352 g/mol. The first-order chi connectivity index (χ1) is 11.3. The van der Waals surface area contributed by atoms with E-state index in [9.17, 15) is 13.2 Å². The fourth-order valence-corrected chi connectivity index (χ4v) is 3.83. The minimum absolute atomic E-state index is 0.193. The predicted octanol–water partition coefficient (Wildman–Crippen LogP) is 3.22. The molecule has 1 aliphatic rings. The maximum absolute atomic E-state index is 13.0. The minimum atomic E-state index is -3.54. The summed E-state index contributed by atoms with van der Waals surface area (Å²) in [6.45, 7) is 1.89. The summed E-state index contributed by atoms with van der Waals surface area (Å²) in [5.74, 6) is 0.481. The zero-order valence-corrected chi connectivity index (χ0v) is 14.9. The van der Waals surface area contributed by atoms with Crippen molar-refractivity contribution in [2.45, 2.75) is 25.7 Å². The SMILES string of the molecule is CCN(c1cc(Cl)ccc1C(=O)c1cnoc1C1CC1)S(C)(=O)=O. The maximum Gasteiger partial charge on any atom is 0.232 e. The van der Waals surface area contributed by atoms with E-state index in [0.717, 1.165) is 23.4 Å². The zero-order chi connectivity index (χ0) is 17.5. The quantitative estimate of drug-likeness (QED) is 0.731. The summed E-state index contributed by atoms with van der Waals surface area (Å²) in [6.07, 6.45) is 4.42. The highest BCUT2D eigenvalue weighted by Crippen LogP contribution is 2.42. The number of carbonyl (C=O) groups is 1. The van der Waals surface area contributed by atoms with Crippen LogP contribution in [-0.4, -0.2) is 32.2 Å². The van der Waals surface area contributed by atoms with Crippen LogP contribution in [0.15, 0.2) is 28.9 Å². The lowest BCUT2D eigenvalue weighted by Gasteiger charge is -2.23. The Balaban J connectivity index is 2.10. The Morgan fingerprint density at radius 2 is 2.08 bits per heavy atom. The summed E-state index contributed by atoms with van der Waals surface area (Å²) in [5.41, 5.74) is 0.905. The molecule has 1 aliphatic carbocycles. The Labute approximate surface area is 145 Å². The molecule has 2 aromatic rings. The standard InChI is InChI=1S/C16H17ClN2O4S/c1-3-19(24(2,21)22)14-8-11(17)6-7-12(14)15(20)13-9-18-23-16(13)10-4-5-10/h6-10H,3-5H2,1-2H3. The van der Waals surface area contributed by atoms with Gasteiger partial charge in [-0.15, -0.1) is 0 Å². The molecule has 8 heteroatoms. The Morgan fingerprint density at radius 1 is 1.38 bits per heavy atom. The van der Waals surface area contributed by atoms with Crippen LogP contribution in [0.25, 0.3) is 0 Å². The summed E-state index contributed by atoms with van der Waals surface area (Å²) in [4.78, 5) is 13.0. The molecule has 1 fully saturated rings. The topological polar surface area (TPSA) is 80.5 Å². The minimum Gasteiger partial charge on any atom is -0.360 e. The second-order valence-electron chi connectivity index (χ2n) is 5.80. The van der Waals surface area contributed by atoms with Gasteiger partial charge in [0.2, 0.25) is 10.0 Å². The number of hydrogen-bond donors (Lipinski definition) is 0. The van der Waals surface area contributed by atoms with Gasteiger partial charge in [-0.2, -0.15) is 0 Å². The third kappa shape index (κ3) is 3.18. The van der Waals surface area contributed by atoms with Gasteiger partial charge in [-0.1, -0.05) is 16.8 Å². The normalized spacial score (nSPS) is 14.6. The molecule has 1 saturated carbocycles. The first-order valence-electron chi connectivity index (χ1n) is 7.59. The number of carbonyl (C=O) groups excluding carboxylic acids is 1. The number of benzene rings is 1. The van der Waals surface area contributed by atoms with E-state index in [1.807, 2.05) is 0 Å². The fraction of sp³-hybridized carbons (Fsp3) is 0.375. The lowest BCUT2D eigenvalue weighted by molar-refractivity contribution is 0.103. The van der Waals surface area contributed by atoms with Gasteiger partial charge in [-0.3, -0.25) is 9.10 Å². The summed E-state index contributed by atoms with van der Waals surface area (Å²) < 4.78 is 30.5. The van der Waals surface area contributed by atoms with E-state index < -0.39 is 10.0 Å². The molecule has 0 N–H and O–H groups in total. The van der Waals surface area contributed by atoms with E-state index in [4.69, 9.17) is 16.1 Å². The number of sulfonamides is 1. The first kappa shape index (κ1) is 17.0. The number of aromatic nitrogens is 1. The number of anilines is 1. The molecular formula is C16H17ClN2O4S. The summed E-state index contributed by atoms with van der Waals surface area (Å²) in [5, 5.41) is 4.09. The molecule has 0 unspecified atom stereocenters. The smallest absolute Gasteiger partial charge is 0.232 e. The van der Waals surface area contributed by atoms with Crippen LogP contribution in [0.2, 0.25) is 5.02 Å². The van der Waals surface area contributed by atoms with Gasteiger partial charge >= 0.3 is 0 Å². The molecule has 0 amide bonds. The molecule has 0 radical (unpaired) electrons. The van der Waals surface area contributed by atoms with Gasteiger partial charge in [-0.05, 0) is 38.0 Å². The summed E-state index contributed by atoms with van der Waals surface area (Å²) in [6, 6.07) is 4.60. The van der Waals surface area contributed by atoms with Crippen molar-refractivity contribution in [3.05, 3.63) is 46.3 Å².